The van der Waals surface area contributed by atoms with Crippen molar-refractivity contribution >= 4 is 34.3 Å². The highest BCUT2D eigenvalue weighted by Crippen LogP contribution is 2.42. The largest absolute Gasteiger partial charge is 0.394 e. The summed E-state index contributed by atoms with van der Waals surface area (Å²) in [7, 11) is 0. The predicted octanol–water partition coefficient (Wildman–Crippen LogP) is -9.49. The summed E-state index contributed by atoms with van der Waals surface area (Å²) in [5.74, 6) is 0.347. The van der Waals surface area contributed by atoms with Crippen molar-refractivity contribution in [3.63, 3.8) is 0 Å². The molecule has 510 valence electrons. The van der Waals surface area contributed by atoms with Crippen LogP contribution in [-0.4, -0.2) is 357 Å². The summed E-state index contributed by atoms with van der Waals surface area (Å²) >= 11 is 2.49. The Morgan fingerprint density at radius 2 is 0.667 bits per heavy atom. The van der Waals surface area contributed by atoms with Gasteiger partial charge in [-0.15, -0.1) is 0 Å². The highest BCUT2D eigenvalue weighted by molar-refractivity contribution is 7.98. The van der Waals surface area contributed by atoms with Gasteiger partial charge >= 0.3 is 0 Å². The van der Waals surface area contributed by atoms with E-state index in [1.54, 1.807) is 0 Å². The molecule has 7 fully saturated rings. The summed E-state index contributed by atoms with van der Waals surface area (Å²) in [6, 6.07) is 11.3. The van der Waals surface area contributed by atoms with E-state index < -0.39 is 254 Å². The first kappa shape index (κ1) is 69.4. The normalized spacial score (nSPS) is 50.1. The van der Waals surface area contributed by atoms with E-state index in [-0.39, 0.29) is 23.0 Å². The van der Waals surface area contributed by atoms with Crippen LogP contribution in [0, 0.1) is 0 Å². The minimum Gasteiger partial charge on any atom is -0.394 e. The summed E-state index contributed by atoms with van der Waals surface area (Å²) in [6.45, 7) is -6.09. The molecule has 35 heteroatoms. The van der Waals surface area contributed by atoms with Gasteiger partial charge in [0.2, 0.25) is 0 Å². The molecule has 21 aliphatic rings. The monoisotopic (exact) mass is 1330 g/mol. The fourth-order valence-electron chi connectivity index (χ4n) is 12.8. The predicted molar refractivity (Wildman–Crippen MR) is 295 cm³/mol. The van der Waals surface area contributed by atoms with Crippen molar-refractivity contribution in [2.45, 2.75) is 226 Å². The van der Waals surface area contributed by atoms with E-state index in [1.165, 1.54) is 23.5 Å². The van der Waals surface area contributed by atoms with Gasteiger partial charge in [0.15, 0.2) is 44.0 Å². The molecule has 23 rings (SSSR count). The molecule has 21 aliphatic heterocycles. The first-order valence-corrected chi connectivity index (χ1v) is 31.8. The van der Waals surface area contributed by atoms with Crippen LogP contribution in [0.25, 0.3) is 10.8 Å². The molecule has 0 radical (unpaired) electrons. The van der Waals surface area contributed by atoms with E-state index in [1.807, 2.05) is 36.4 Å². The zero-order valence-corrected chi connectivity index (χ0v) is 49.5. The molecule has 34 atom stereocenters. The Hall–Kier alpha value is -1.92. The van der Waals surface area contributed by atoms with Crippen LogP contribution < -0.4 is 0 Å². The molecule has 0 saturated carbocycles. The highest BCUT2D eigenvalue weighted by Gasteiger charge is 2.60. The zero-order chi connectivity index (χ0) is 64.2. The third kappa shape index (κ3) is 13.7. The Balaban J connectivity index is 0.979. The first-order valence-electron chi connectivity index (χ1n) is 29.5. The minimum atomic E-state index is -2.24. The molecule has 13 unspecified atom stereocenters. The van der Waals surface area contributed by atoms with Gasteiger partial charge in [-0.2, -0.15) is 23.5 Å². The summed E-state index contributed by atoms with van der Waals surface area (Å²) < 4.78 is 84.6. The Kier molecular flexibility index (Phi) is 22.7. The standard InChI is InChI=1S/C55H80O33S2/c56-8-23-42-30(63)36(69)50(75-23)86-46-27-15-89-13-18-1-3-21-6-19(2-4-20(21)5-18)14-90-16-28-47(87-51-38(71)32(65)43(24(9-57)77-51)83-49-37(70)31(64)44(25(10-58)76-49)84-52(79-27)39(72)33(46)66)34(67)40(73)53(80-28)85-45-26(11-59)78-54(41(74)35(45)68)88-55(17-61)7-22(62)48(82-42)81-29(55)12-60/h1-6,22-54,56-74H,7-17H2/t22?,23-,24-,25-,26-,27-,28-,29-,30?,31?,32?,33?,34?,35?,36?,37?,38?,39?,40?,41?,42-,43-,44-,45-,46-,47-,48-,49-,50-,51+,52-,53-,54-,55-/m1/s1. The molecule has 0 aromatic heterocycles. The maximum atomic E-state index is 12.0. The van der Waals surface area contributed by atoms with Gasteiger partial charge in [0.1, 0.15) is 152 Å². The van der Waals surface area contributed by atoms with Gasteiger partial charge in [0.05, 0.1) is 51.8 Å². The van der Waals surface area contributed by atoms with Crippen LogP contribution in [0.4, 0.5) is 0 Å². The Morgan fingerprint density at radius 3 is 1.02 bits per heavy atom. The van der Waals surface area contributed by atoms with Crippen molar-refractivity contribution in [1.29, 1.82) is 0 Å². The van der Waals surface area contributed by atoms with Crippen molar-refractivity contribution in [1.82, 2.24) is 0 Å². The molecular weight excluding hydrogens is 1250 g/mol. The molecule has 0 spiro atoms. The molecule has 7 saturated heterocycles. The van der Waals surface area contributed by atoms with E-state index >= 15 is 0 Å². The maximum absolute atomic E-state index is 12.0. The second-order valence-corrected chi connectivity index (χ2v) is 25.9. The van der Waals surface area contributed by atoms with Crippen LogP contribution in [-0.2, 0) is 77.8 Å². The molecule has 2 aromatic carbocycles. The van der Waals surface area contributed by atoms with Crippen molar-refractivity contribution < 1.29 is 163 Å². The fourth-order valence-corrected chi connectivity index (χ4v) is 14.9. The Bertz CT molecular complexity index is 2640. The van der Waals surface area contributed by atoms with Crippen molar-refractivity contribution in [2.75, 3.05) is 51.1 Å². The number of aliphatic hydroxyl groups excluding tert-OH is 19. The minimum absolute atomic E-state index is 0.101. The molecule has 33 nitrogen and oxygen atoms in total. The van der Waals surface area contributed by atoms with Crippen LogP contribution in [0.5, 0.6) is 0 Å². The lowest BCUT2D eigenvalue weighted by molar-refractivity contribution is -0.401. The number of thioether (sulfide) groups is 2. The lowest BCUT2D eigenvalue weighted by atomic mass is 9.87. The molecular formula is C55H80O33S2. The van der Waals surface area contributed by atoms with Crippen LogP contribution in [0.2, 0.25) is 0 Å². The second kappa shape index (κ2) is 29.4. The number of hydrogen-bond acceptors (Lipinski definition) is 35. The van der Waals surface area contributed by atoms with Crippen LogP contribution in [0.15, 0.2) is 36.4 Å². The SMILES string of the molecule is OC[C@H]1O[C@@H]2O[C@H]3C(O)C(O)[C@@H]4O[C@@H]3CSCc3ccc5cc(ccc5c3)CSC[C@H]3O[C@H](O[C@H]5C(O)C(O)[C@H](O[C@@H]5CO)O[C@@]5(CO)CC(O)[C@@H](O[C@H]1C(O)C2O)O[C@@H]5CO)C(O)C(O)[C@@H]3O[C@@H]1O[C@H](CO)[C@@H](O[C@H]2O[C@H](CO)[C@@H](O4)C(O)C2O)C(O)C1O. The van der Waals surface area contributed by atoms with Crippen molar-refractivity contribution in [3.05, 3.63) is 47.5 Å². The maximum Gasteiger partial charge on any atom is 0.187 e. The summed E-state index contributed by atoms with van der Waals surface area (Å²) in [6.07, 6.45) is -63.7. The lowest BCUT2D eigenvalue weighted by Gasteiger charge is -2.52. The third-order valence-corrected chi connectivity index (χ3v) is 20.1. The average molecular weight is 1330 g/mol. The average Bonchev–Trinajstić information content (AvgIpc) is 0.841. The lowest BCUT2D eigenvalue weighted by Crippen LogP contribution is -2.69. The zero-order valence-electron chi connectivity index (χ0n) is 47.8. The van der Waals surface area contributed by atoms with Crippen molar-refractivity contribution in [2.24, 2.45) is 0 Å². The van der Waals surface area contributed by atoms with Gasteiger partial charge in [-0.05, 0) is 21.9 Å². The van der Waals surface area contributed by atoms with Gasteiger partial charge in [-0.25, -0.2) is 0 Å². The highest BCUT2D eigenvalue weighted by atomic mass is 32.2. The Labute approximate surface area is 520 Å². The molecule has 0 amide bonds. The number of hydrogen-bond donors (Lipinski definition) is 19. The number of ether oxygens (including phenoxy) is 14. The summed E-state index contributed by atoms with van der Waals surface area (Å²) in [5, 5.41) is 219. The molecule has 21 heterocycles. The number of rotatable bonds is 6. The molecule has 90 heavy (non-hydrogen) atoms. The number of fused-ring (bicyclic) bond motifs is 2. The van der Waals surface area contributed by atoms with E-state index in [0.717, 1.165) is 21.9 Å². The van der Waals surface area contributed by atoms with Gasteiger partial charge in [-0.1, -0.05) is 36.4 Å². The molecule has 2 aromatic rings. The van der Waals surface area contributed by atoms with E-state index in [0.29, 0.717) is 0 Å². The second-order valence-electron chi connectivity index (χ2n) is 23.8. The van der Waals surface area contributed by atoms with E-state index in [4.69, 9.17) is 66.3 Å². The topological polar surface area (TPSA) is 514 Å². The summed E-state index contributed by atoms with van der Waals surface area (Å²) in [4.78, 5) is 0. The van der Waals surface area contributed by atoms with Gasteiger partial charge < -0.3 is 163 Å². The molecule has 18 bridgehead atoms. The van der Waals surface area contributed by atoms with Gasteiger partial charge in [-0.3, -0.25) is 0 Å². The fraction of sp³-hybridized carbons (Fsp3) is 0.818. The summed E-state index contributed by atoms with van der Waals surface area (Å²) in [5.41, 5.74) is -0.642. The van der Waals surface area contributed by atoms with Crippen LogP contribution in [0.1, 0.15) is 17.5 Å². The number of aliphatic hydroxyl groups is 19. The number of benzene rings is 2. The van der Waals surface area contributed by atoms with Crippen LogP contribution in [0.3, 0.4) is 0 Å². The van der Waals surface area contributed by atoms with Gasteiger partial charge in [0, 0.05) is 29.4 Å². The molecule has 0 aliphatic carbocycles. The first-order chi connectivity index (χ1) is 43.1. The Morgan fingerprint density at radius 1 is 0.344 bits per heavy atom. The molecule has 19 N–H and O–H groups in total. The quantitative estimate of drug-likeness (QED) is 0.128. The smallest absolute Gasteiger partial charge is 0.187 e. The van der Waals surface area contributed by atoms with E-state index in [2.05, 4.69) is 0 Å². The van der Waals surface area contributed by atoms with Crippen LogP contribution >= 0.6 is 23.5 Å². The van der Waals surface area contributed by atoms with Gasteiger partial charge in [0.25, 0.3) is 0 Å². The van der Waals surface area contributed by atoms with E-state index in [9.17, 15) is 97.0 Å². The van der Waals surface area contributed by atoms with Crippen molar-refractivity contribution in [3.8, 4) is 0 Å². The third-order valence-electron chi connectivity index (χ3n) is 17.9.